The molecule has 0 bridgehead atoms. The Balaban J connectivity index is 1.61. The number of aryl methyl sites for hydroxylation is 1. The van der Waals surface area contributed by atoms with Crippen molar-refractivity contribution in [2.75, 3.05) is 7.05 Å². The Morgan fingerprint density at radius 3 is 2.76 bits per heavy atom. The largest absolute Gasteiger partial charge is 0.309 e. The third-order valence-corrected chi connectivity index (χ3v) is 4.39. The molecule has 1 N–H and O–H groups in total. The van der Waals surface area contributed by atoms with Crippen LogP contribution in [0.5, 0.6) is 0 Å². The molecule has 0 atom stereocenters. The van der Waals surface area contributed by atoms with E-state index < -0.39 is 0 Å². The van der Waals surface area contributed by atoms with Gasteiger partial charge in [-0.3, -0.25) is 14.4 Å². The second-order valence-electron chi connectivity index (χ2n) is 6.33. The number of rotatable bonds is 4. The van der Waals surface area contributed by atoms with E-state index in [0.29, 0.717) is 23.4 Å². The summed E-state index contributed by atoms with van der Waals surface area (Å²) in [4.78, 5) is 21.7. The molecule has 0 aliphatic rings. The molecule has 0 spiro atoms. The smallest absolute Gasteiger partial charge is 0.262 e. The fraction of sp³-hybridized carbons (Fsp3) is 0.211. The van der Waals surface area contributed by atoms with Crippen molar-refractivity contribution in [3.8, 4) is 0 Å². The van der Waals surface area contributed by atoms with Crippen molar-refractivity contribution in [2.45, 2.75) is 13.1 Å². The number of H-pyrrole nitrogens is 1. The van der Waals surface area contributed by atoms with E-state index in [0.717, 1.165) is 6.54 Å². The van der Waals surface area contributed by atoms with Crippen LogP contribution in [-0.4, -0.2) is 31.7 Å². The molecule has 25 heavy (non-hydrogen) atoms. The highest BCUT2D eigenvalue weighted by Crippen LogP contribution is 2.20. The second-order valence-corrected chi connectivity index (χ2v) is 6.33. The van der Waals surface area contributed by atoms with Gasteiger partial charge in [-0.25, -0.2) is 4.98 Å². The van der Waals surface area contributed by atoms with Gasteiger partial charge in [0.15, 0.2) is 5.65 Å². The average molecular weight is 333 g/mol. The maximum Gasteiger partial charge on any atom is 0.262 e. The minimum atomic E-state index is -0.147. The minimum Gasteiger partial charge on any atom is -0.309 e. The summed E-state index contributed by atoms with van der Waals surface area (Å²) >= 11 is 0. The fourth-order valence-corrected chi connectivity index (χ4v) is 3.19. The standard InChI is InChI=1S/C19H19N5O/c1-23(11-14-8-5-7-13-6-3-4-9-15(13)14)12-17-21-18-16(19(25)22-17)10-20-24(18)2/h3-10H,11-12H2,1-2H3,(H,21,22,25). The molecule has 2 aromatic carbocycles. The zero-order chi connectivity index (χ0) is 17.4. The number of aromatic amines is 1. The number of hydrogen-bond acceptors (Lipinski definition) is 4. The maximum absolute atomic E-state index is 12.2. The van der Waals surface area contributed by atoms with Crippen LogP contribution in [0.1, 0.15) is 11.4 Å². The van der Waals surface area contributed by atoms with Gasteiger partial charge in [0.1, 0.15) is 11.2 Å². The van der Waals surface area contributed by atoms with Crippen molar-refractivity contribution in [2.24, 2.45) is 7.05 Å². The van der Waals surface area contributed by atoms with Crippen LogP contribution < -0.4 is 5.56 Å². The quantitative estimate of drug-likeness (QED) is 0.623. The van der Waals surface area contributed by atoms with Crippen molar-refractivity contribution in [1.29, 1.82) is 0 Å². The molecule has 0 fully saturated rings. The third kappa shape index (κ3) is 2.92. The molecule has 126 valence electrons. The van der Waals surface area contributed by atoms with Crippen LogP contribution in [0.3, 0.4) is 0 Å². The van der Waals surface area contributed by atoms with Gasteiger partial charge in [0.2, 0.25) is 0 Å². The molecule has 4 rings (SSSR count). The van der Waals surface area contributed by atoms with Crippen LogP contribution in [0.25, 0.3) is 21.8 Å². The number of nitrogens with zero attached hydrogens (tertiary/aromatic N) is 4. The van der Waals surface area contributed by atoms with Gasteiger partial charge in [-0.1, -0.05) is 42.5 Å². The molecule has 0 saturated carbocycles. The molecular weight excluding hydrogens is 314 g/mol. The summed E-state index contributed by atoms with van der Waals surface area (Å²) in [5, 5.41) is 7.10. The Bertz CT molecular complexity index is 1110. The third-order valence-electron chi connectivity index (χ3n) is 4.39. The molecule has 2 heterocycles. The lowest BCUT2D eigenvalue weighted by Crippen LogP contribution is -2.22. The predicted molar refractivity (Wildman–Crippen MR) is 98.2 cm³/mol. The molecule has 6 nitrogen and oxygen atoms in total. The molecule has 0 saturated heterocycles. The van der Waals surface area contributed by atoms with Gasteiger partial charge < -0.3 is 4.98 Å². The van der Waals surface area contributed by atoms with Gasteiger partial charge in [0, 0.05) is 13.6 Å². The predicted octanol–water partition coefficient (Wildman–Crippen LogP) is 2.44. The number of nitrogens with one attached hydrogen (secondary N) is 1. The lowest BCUT2D eigenvalue weighted by molar-refractivity contribution is 0.311. The van der Waals surface area contributed by atoms with Crippen molar-refractivity contribution in [1.82, 2.24) is 24.6 Å². The Morgan fingerprint density at radius 2 is 1.88 bits per heavy atom. The van der Waals surface area contributed by atoms with Gasteiger partial charge in [-0.2, -0.15) is 5.10 Å². The van der Waals surface area contributed by atoms with Crippen LogP contribution in [0.4, 0.5) is 0 Å². The highest BCUT2D eigenvalue weighted by atomic mass is 16.1. The van der Waals surface area contributed by atoms with Crippen LogP contribution in [0.15, 0.2) is 53.5 Å². The Labute approximate surface area is 144 Å². The molecule has 0 amide bonds. The number of fused-ring (bicyclic) bond motifs is 2. The summed E-state index contributed by atoms with van der Waals surface area (Å²) in [6, 6.07) is 14.7. The summed E-state index contributed by atoms with van der Waals surface area (Å²) in [7, 11) is 3.81. The van der Waals surface area contributed by atoms with E-state index >= 15 is 0 Å². The lowest BCUT2D eigenvalue weighted by atomic mass is 10.0. The molecular formula is C19H19N5O. The molecule has 0 aliphatic carbocycles. The summed E-state index contributed by atoms with van der Waals surface area (Å²) in [6.07, 6.45) is 1.55. The number of benzene rings is 2. The average Bonchev–Trinajstić information content (AvgIpc) is 2.97. The van der Waals surface area contributed by atoms with E-state index in [1.807, 2.05) is 13.1 Å². The van der Waals surface area contributed by atoms with E-state index in [4.69, 9.17) is 0 Å². The summed E-state index contributed by atoms with van der Waals surface area (Å²) in [6.45, 7) is 1.33. The van der Waals surface area contributed by atoms with Crippen molar-refractivity contribution in [3.63, 3.8) is 0 Å². The number of hydrogen-bond donors (Lipinski definition) is 1. The summed E-state index contributed by atoms with van der Waals surface area (Å²) in [5.41, 5.74) is 1.72. The zero-order valence-electron chi connectivity index (χ0n) is 14.2. The fourth-order valence-electron chi connectivity index (χ4n) is 3.19. The maximum atomic E-state index is 12.2. The van der Waals surface area contributed by atoms with Crippen LogP contribution in [-0.2, 0) is 20.1 Å². The topological polar surface area (TPSA) is 66.8 Å². The molecule has 0 aliphatic heterocycles. The van der Waals surface area contributed by atoms with E-state index in [-0.39, 0.29) is 5.56 Å². The SMILES string of the molecule is CN(Cc1nc2c(cnn2C)c(=O)[nH]1)Cc1cccc2ccccc12. The highest BCUT2D eigenvalue weighted by molar-refractivity contribution is 5.85. The summed E-state index contributed by atoms with van der Waals surface area (Å²) in [5.74, 6) is 0.642. The first-order chi connectivity index (χ1) is 12.1. The first kappa shape index (κ1) is 15.5. The van der Waals surface area contributed by atoms with Crippen molar-refractivity contribution < 1.29 is 0 Å². The molecule has 0 unspecified atom stereocenters. The molecule has 6 heteroatoms. The normalized spacial score (nSPS) is 11.6. The lowest BCUT2D eigenvalue weighted by Gasteiger charge is -2.17. The van der Waals surface area contributed by atoms with Gasteiger partial charge in [0.25, 0.3) is 5.56 Å². The Kier molecular flexibility index (Phi) is 3.82. The van der Waals surface area contributed by atoms with E-state index in [9.17, 15) is 4.79 Å². The first-order valence-corrected chi connectivity index (χ1v) is 8.18. The molecule has 4 aromatic rings. The van der Waals surface area contributed by atoms with Gasteiger partial charge >= 0.3 is 0 Å². The Morgan fingerprint density at radius 1 is 1.08 bits per heavy atom. The van der Waals surface area contributed by atoms with Gasteiger partial charge in [-0.05, 0) is 23.4 Å². The van der Waals surface area contributed by atoms with E-state index in [1.165, 1.54) is 16.3 Å². The van der Waals surface area contributed by atoms with Crippen LogP contribution in [0.2, 0.25) is 0 Å². The van der Waals surface area contributed by atoms with Gasteiger partial charge in [0.05, 0.1) is 12.7 Å². The van der Waals surface area contributed by atoms with Crippen LogP contribution >= 0.6 is 0 Å². The summed E-state index contributed by atoms with van der Waals surface area (Å²) < 4.78 is 1.62. The molecule has 0 radical (unpaired) electrons. The van der Waals surface area contributed by atoms with E-state index in [2.05, 4.69) is 56.4 Å². The number of aromatic nitrogens is 4. The Hall–Kier alpha value is -2.99. The van der Waals surface area contributed by atoms with Crippen LogP contribution in [0, 0.1) is 0 Å². The minimum absolute atomic E-state index is 0.147. The first-order valence-electron chi connectivity index (χ1n) is 8.18. The van der Waals surface area contributed by atoms with Crippen molar-refractivity contribution >= 4 is 21.8 Å². The van der Waals surface area contributed by atoms with Crippen molar-refractivity contribution in [3.05, 3.63) is 70.4 Å². The highest BCUT2D eigenvalue weighted by Gasteiger charge is 2.11. The second kappa shape index (κ2) is 6.14. The zero-order valence-corrected chi connectivity index (χ0v) is 14.2. The van der Waals surface area contributed by atoms with Gasteiger partial charge in [-0.15, -0.1) is 0 Å². The monoisotopic (exact) mass is 333 g/mol. The van der Waals surface area contributed by atoms with E-state index in [1.54, 1.807) is 17.9 Å². The molecule has 2 aromatic heterocycles.